The molecule has 2 aromatic rings. The molecule has 0 aliphatic rings. The van der Waals surface area contributed by atoms with Crippen molar-refractivity contribution in [3.63, 3.8) is 0 Å². The van der Waals surface area contributed by atoms with Gasteiger partial charge >= 0.3 is 5.97 Å². The van der Waals surface area contributed by atoms with Crippen LogP contribution in [-0.4, -0.2) is 11.1 Å². The molecule has 210 valence electrons. The lowest BCUT2D eigenvalue weighted by molar-refractivity contribution is -0.129. The van der Waals surface area contributed by atoms with E-state index in [4.69, 9.17) is 4.74 Å². The lowest BCUT2D eigenvalue weighted by Gasteiger charge is -2.30. The van der Waals surface area contributed by atoms with E-state index in [1.807, 2.05) is 0 Å². The van der Waals surface area contributed by atoms with Gasteiger partial charge in [-0.1, -0.05) is 121 Å². The Morgan fingerprint density at radius 2 is 1.39 bits per heavy atom. The first-order valence-electron chi connectivity index (χ1n) is 13.9. The first kappa shape index (κ1) is 31.7. The number of aromatic hydroxyl groups is 1. The molecule has 0 aliphatic carbocycles. The minimum atomic E-state index is -0.472. The summed E-state index contributed by atoms with van der Waals surface area (Å²) in [6.07, 6.45) is 2.86. The maximum absolute atomic E-state index is 12.6. The molecule has 0 amide bonds. The van der Waals surface area contributed by atoms with Gasteiger partial charge in [-0.2, -0.15) is 0 Å². The average Bonchev–Trinajstić information content (AvgIpc) is 2.70. The van der Waals surface area contributed by atoms with Crippen LogP contribution in [0.2, 0.25) is 0 Å². The van der Waals surface area contributed by atoms with Gasteiger partial charge in [-0.05, 0) is 56.8 Å². The highest BCUT2D eigenvalue weighted by atomic mass is 16.5. The van der Waals surface area contributed by atoms with Crippen LogP contribution in [0, 0.1) is 10.8 Å². The van der Waals surface area contributed by atoms with Crippen LogP contribution in [0.3, 0.4) is 0 Å². The van der Waals surface area contributed by atoms with Gasteiger partial charge in [0.05, 0.1) is 0 Å². The molecule has 2 aromatic carbocycles. The molecule has 1 unspecified atom stereocenters. The normalized spacial score (nSPS) is 13.8. The molecule has 3 nitrogen and oxygen atoms in total. The van der Waals surface area contributed by atoms with Crippen LogP contribution in [0.5, 0.6) is 11.5 Å². The summed E-state index contributed by atoms with van der Waals surface area (Å²) in [7, 11) is 0. The number of carbonyl (C=O) groups excluding carboxylic acids is 1. The van der Waals surface area contributed by atoms with Gasteiger partial charge in [0, 0.05) is 23.1 Å². The second-order valence-electron chi connectivity index (χ2n) is 15.5. The molecule has 0 saturated carbocycles. The number of benzene rings is 2. The molecular weight excluding hydrogens is 468 g/mol. The van der Waals surface area contributed by atoms with Gasteiger partial charge in [-0.25, -0.2) is 4.79 Å². The molecule has 0 heterocycles. The van der Waals surface area contributed by atoms with E-state index in [1.165, 1.54) is 17.2 Å². The van der Waals surface area contributed by atoms with E-state index >= 15 is 0 Å². The smallest absolute Gasteiger partial charge is 0.335 e. The predicted molar refractivity (Wildman–Crippen MR) is 162 cm³/mol. The first-order chi connectivity index (χ1) is 17.0. The van der Waals surface area contributed by atoms with E-state index in [0.717, 1.165) is 35.1 Å². The summed E-state index contributed by atoms with van der Waals surface area (Å²) in [5, 5.41) is 11.7. The highest BCUT2D eigenvalue weighted by molar-refractivity contribution is 5.84. The molecule has 2 rings (SSSR count). The van der Waals surface area contributed by atoms with Crippen molar-refractivity contribution in [3.05, 3.63) is 70.3 Å². The second-order valence-corrected chi connectivity index (χ2v) is 15.5. The fraction of sp³-hybridized carbons (Fsp3) is 0.571. The number of carbonyl (C=O) groups is 1. The zero-order valence-corrected chi connectivity index (χ0v) is 26.3. The third-order valence-corrected chi connectivity index (χ3v) is 6.83. The lowest BCUT2D eigenvalue weighted by atomic mass is 9.76. The number of phenolic OH excluding ortho intramolecular Hbond substituents is 1. The van der Waals surface area contributed by atoms with Crippen molar-refractivity contribution in [2.75, 3.05) is 0 Å². The van der Waals surface area contributed by atoms with Crippen molar-refractivity contribution in [2.45, 2.75) is 120 Å². The van der Waals surface area contributed by atoms with Gasteiger partial charge in [-0.3, -0.25) is 0 Å². The Hall–Kier alpha value is -2.55. The second kappa shape index (κ2) is 10.9. The van der Waals surface area contributed by atoms with Crippen molar-refractivity contribution in [3.8, 4) is 11.5 Å². The van der Waals surface area contributed by atoms with E-state index in [2.05, 4.69) is 121 Å². The van der Waals surface area contributed by atoms with Gasteiger partial charge in [0.25, 0.3) is 0 Å². The Balaban J connectivity index is 2.96. The van der Waals surface area contributed by atoms with Crippen LogP contribution >= 0.6 is 0 Å². The number of ether oxygens (including phenoxy) is 1. The maximum atomic E-state index is 12.6. The van der Waals surface area contributed by atoms with Crippen LogP contribution in [0.15, 0.2) is 36.9 Å². The largest absolute Gasteiger partial charge is 0.507 e. The standard InChI is InChI=1S/C35H52O3/c1-15-29(36)38-31-24(21-33(6,7)8)16-23(20-32(3,4)5)17-27(31)22(2)26-18-25(34(9,10)11)19-28(30(26)37)35(12,13)14/h15-19,22,37H,1,20-21H2,2-14H3. The molecular formula is C35H52O3. The van der Waals surface area contributed by atoms with Crippen molar-refractivity contribution in [2.24, 2.45) is 10.8 Å². The van der Waals surface area contributed by atoms with Gasteiger partial charge in [0.15, 0.2) is 0 Å². The SMILES string of the molecule is C=CC(=O)Oc1c(CC(C)(C)C)cc(CC(C)(C)C)cc1C(C)c1cc(C(C)(C)C)cc(C(C)(C)C)c1O. The topological polar surface area (TPSA) is 46.5 Å². The van der Waals surface area contributed by atoms with Crippen LogP contribution < -0.4 is 4.74 Å². The fourth-order valence-corrected chi connectivity index (χ4v) is 4.95. The zero-order chi connectivity index (χ0) is 29.4. The highest BCUT2D eigenvalue weighted by Gasteiger charge is 2.30. The predicted octanol–water partition coefficient (Wildman–Crippen LogP) is 9.41. The zero-order valence-electron chi connectivity index (χ0n) is 26.3. The lowest BCUT2D eigenvalue weighted by Crippen LogP contribution is -2.19. The van der Waals surface area contributed by atoms with Gasteiger partial charge in [-0.15, -0.1) is 0 Å². The van der Waals surface area contributed by atoms with E-state index in [1.54, 1.807) is 0 Å². The molecule has 0 spiro atoms. The van der Waals surface area contributed by atoms with Gasteiger partial charge in [0.2, 0.25) is 0 Å². The van der Waals surface area contributed by atoms with Gasteiger partial charge < -0.3 is 9.84 Å². The number of esters is 1. The summed E-state index contributed by atoms with van der Waals surface area (Å²) in [6, 6.07) is 8.65. The molecule has 0 fully saturated rings. The number of hydrogen-bond donors (Lipinski definition) is 1. The molecule has 38 heavy (non-hydrogen) atoms. The summed E-state index contributed by atoms with van der Waals surface area (Å²) < 4.78 is 6.00. The summed E-state index contributed by atoms with van der Waals surface area (Å²) in [5.74, 6) is 0.232. The maximum Gasteiger partial charge on any atom is 0.335 e. The third kappa shape index (κ3) is 8.22. The van der Waals surface area contributed by atoms with E-state index in [9.17, 15) is 9.90 Å². The van der Waals surface area contributed by atoms with Crippen molar-refractivity contribution in [1.82, 2.24) is 0 Å². The van der Waals surface area contributed by atoms with E-state index in [-0.39, 0.29) is 27.6 Å². The monoisotopic (exact) mass is 520 g/mol. The van der Waals surface area contributed by atoms with Crippen LogP contribution in [0.25, 0.3) is 0 Å². The van der Waals surface area contributed by atoms with Crippen LogP contribution in [-0.2, 0) is 28.5 Å². The highest BCUT2D eigenvalue weighted by Crippen LogP contribution is 2.45. The Labute approximate surface area is 232 Å². The summed E-state index contributed by atoms with van der Waals surface area (Å²) >= 11 is 0. The Kier molecular flexibility index (Phi) is 9.09. The van der Waals surface area contributed by atoms with E-state index in [0.29, 0.717) is 11.5 Å². The van der Waals surface area contributed by atoms with Gasteiger partial charge in [0.1, 0.15) is 11.5 Å². The molecule has 0 radical (unpaired) electrons. The molecule has 1 atom stereocenters. The average molecular weight is 521 g/mol. The Morgan fingerprint density at radius 3 is 1.84 bits per heavy atom. The summed E-state index contributed by atoms with van der Waals surface area (Å²) in [4.78, 5) is 12.6. The number of rotatable bonds is 6. The minimum Gasteiger partial charge on any atom is -0.507 e. The molecule has 1 N–H and O–H groups in total. The van der Waals surface area contributed by atoms with Crippen molar-refractivity contribution >= 4 is 5.97 Å². The van der Waals surface area contributed by atoms with Crippen molar-refractivity contribution < 1.29 is 14.6 Å². The first-order valence-corrected chi connectivity index (χ1v) is 13.9. The molecule has 0 aliphatic heterocycles. The number of phenols is 1. The minimum absolute atomic E-state index is 0.0100. The number of hydrogen-bond acceptors (Lipinski definition) is 3. The fourth-order valence-electron chi connectivity index (χ4n) is 4.95. The summed E-state index contributed by atoms with van der Waals surface area (Å²) in [6.45, 7) is 32.0. The molecule has 3 heteroatoms. The Bertz CT molecular complexity index is 1170. The van der Waals surface area contributed by atoms with Crippen LogP contribution in [0.1, 0.15) is 129 Å². The Morgan fingerprint density at radius 1 is 0.842 bits per heavy atom. The van der Waals surface area contributed by atoms with E-state index < -0.39 is 5.97 Å². The third-order valence-electron chi connectivity index (χ3n) is 6.83. The van der Waals surface area contributed by atoms with Crippen molar-refractivity contribution in [1.29, 1.82) is 0 Å². The molecule has 0 bridgehead atoms. The summed E-state index contributed by atoms with van der Waals surface area (Å²) in [5.41, 5.74) is 5.85. The molecule has 0 saturated heterocycles. The molecule has 0 aromatic heterocycles. The van der Waals surface area contributed by atoms with Crippen LogP contribution in [0.4, 0.5) is 0 Å². The quantitative estimate of drug-likeness (QED) is 0.234.